The van der Waals surface area contributed by atoms with Crippen molar-refractivity contribution in [1.82, 2.24) is 0 Å². The van der Waals surface area contributed by atoms with Crippen molar-refractivity contribution in [2.24, 2.45) is 0 Å². The summed E-state index contributed by atoms with van der Waals surface area (Å²) < 4.78 is 38.1. The highest BCUT2D eigenvalue weighted by Crippen LogP contribution is 2.37. The molecule has 1 atom stereocenters. The number of rotatable bonds is 7. The third-order valence-corrected chi connectivity index (χ3v) is 4.29. The van der Waals surface area contributed by atoms with Gasteiger partial charge < -0.3 is 9.47 Å². The molecule has 0 N–H and O–H groups in total. The Morgan fingerprint density at radius 2 is 1.71 bits per heavy atom. The molecular formula is C18H22O5S. The van der Waals surface area contributed by atoms with Crippen LogP contribution in [0, 0.1) is 0 Å². The minimum atomic E-state index is -3.47. The van der Waals surface area contributed by atoms with Crippen molar-refractivity contribution in [3.63, 3.8) is 0 Å². The lowest BCUT2D eigenvalue weighted by Gasteiger charge is -2.18. The smallest absolute Gasteiger partial charge is 0.264 e. The molecule has 130 valence electrons. The fourth-order valence-electron chi connectivity index (χ4n) is 2.51. The second-order valence-electron chi connectivity index (χ2n) is 5.54. The first-order chi connectivity index (χ1) is 11.4. The predicted octanol–water partition coefficient (Wildman–Crippen LogP) is 3.45. The van der Waals surface area contributed by atoms with Crippen LogP contribution in [-0.2, 0) is 14.3 Å². The van der Waals surface area contributed by atoms with Gasteiger partial charge in [0.25, 0.3) is 10.1 Å². The van der Waals surface area contributed by atoms with E-state index in [1.807, 2.05) is 49.4 Å². The quantitative estimate of drug-likeness (QED) is 0.716. The molecule has 5 nitrogen and oxygen atoms in total. The summed E-state index contributed by atoms with van der Waals surface area (Å²) in [5.74, 6) is 1.31. The number of benzene rings is 2. The minimum absolute atomic E-state index is 0.0916. The molecule has 1 unspecified atom stereocenters. The maximum Gasteiger partial charge on any atom is 0.264 e. The Labute approximate surface area is 143 Å². The number of hydrogen-bond donors (Lipinski definition) is 0. The molecular weight excluding hydrogens is 328 g/mol. The van der Waals surface area contributed by atoms with Gasteiger partial charge in [0.15, 0.2) is 0 Å². The van der Waals surface area contributed by atoms with Gasteiger partial charge in [0, 0.05) is 17.5 Å². The largest absolute Gasteiger partial charge is 0.497 e. The van der Waals surface area contributed by atoms with E-state index in [1.54, 1.807) is 14.2 Å². The first-order valence-electron chi connectivity index (χ1n) is 7.51. The van der Waals surface area contributed by atoms with Crippen molar-refractivity contribution < 1.29 is 22.1 Å². The van der Waals surface area contributed by atoms with Crippen molar-refractivity contribution in [2.45, 2.75) is 12.8 Å². The molecule has 0 bridgehead atoms. The molecule has 0 heterocycles. The summed E-state index contributed by atoms with van der Waals surface area (Å²) in [7, 11) is -0.255. The Balaban J connectivity index is 2.42. The van der Waals surface area contributed by atoms with Gasteiger partial charge in [0.2, 0.25) is 0 Å². The van der Waals surface area contributed by atoms with Gasteiger partial charge in [-0.1, -0.05) is 31.2 Å². The van der Waals surface area contributed by atoms with Crippen molar-refractivity contribution in [2.75, 3.05) is 27.1 Å². The minimum Gasteiger partial charge on any atom is -0.497 e. The average Bonchev–Trinajstić information content (AvgIpc) is 2.58. The topological polar surface area (TPSA) is 61.8 Å². The Morgan fingerprint density at radius 3 is 2.33 bits per heavy atom. The number of hydrogen-bond acceptors (Lipinski definition) is 5. The maximum absolute atomic E-state index is 11.2. The first kappa shape index (κ1) is 18.3. The molecule has 2 aromatic rings. The molecule has 2 aromatic carbocycles. The van der Waals surface area contributed by atoms with Gasteiger partial charge in [0.05, 0.1) is 27.1 Å². The fraction of sp³-hybridized carbons (Fsp3) is 0.333. The van der Waals surface area contributed by atoms with Crippen molar-refractivity contribution in [3.8, 4) is 22.6 Å². The van der Waals surface area contributed by atoms with Crippen LogP contribution >= 0.6 is 0 Å². The normalized spacial score (nSPS) is 12.7. The van der Waals surface area contributed by atoms with Crippen LogP contribution < -0.4 is 9.47 Å². The molecule has 0 radical (unpaired) electrons. The Bertz CT molecular complexity index is 799. The molecule has 0 aliphatic heterocycles. The van der Waals surface area contributed by atoms with E-state index in [4.69, 9.17) is 13.7 Å². The summed E-state index contributed by atoms with van der Waals surface area (Å²) in [6.45, 7) is 2.02. The van der Waals surface area contributed by atoms with Gasteiger partial charge in [-0.2, -0.15) is 8.42 Å². The zero-order chi connectivity index (χ0) is 17.7. The van der Waals surface area contributed by atoms with E-state index in [9.17, 15) is 8.42 Å². The number of ether oxygens (including phenoxy) is 2. The van der Waals surface area contributed by atoms with Crippen molar-refractivity contribution in [3.05, 3.63) is 48.0 Å². The second-order valence-corrected chi connectivity index (χ2v) is 7.19. The average molecular weight is 350 g/mol. The van der Waals surface area contributed by atoms with Crippen LogP contribution in [0.4, 0.5) is 0 Å². The molecule has 0 aromatic heterocycles. The lowest BCUT2D eigenvalue weighted by molar-refractivity contribution is 0.302. The molecule has 0 aliphatic carbocycles. The predicted molar refractivity (Wildman–Crippen MR) is 94.2 cm³/mol. The lowest BCUT2D eigenvalue weighted by atomic mass is 9.91. The van der Waals surface area contributed by atoms with Gasteiger partial charge in [-0.05, 0) is 23.3 Å². The SMILES string of the molecule is COc1ccc(-c2ccccc2C(C)COS(C)(=O)=O)c(OC)c1. The summed E-state index contributed by atoms with van der Waals surface area (Å²) >= 11 is 0. The van der Waals surface area contributed by atoms with E-state index >= 15 is 0 Å². The molecule has 0 saturated heterocycles. The molecule has 0 amide bonds. The van der Waals surface area contributed by atoms with E-state index in [0.717, 1.165) is 22.9 Å². The first-order valence-corrected chi connectivity index (χ1v) is 9.33. The lowest BCUT2D eigenvalue weighted by Crippen LogP contribution is -2.10. The van der Waals surface area contributed by atoms with Crippen LogP contribution in [0.1, 0.15) is 18.4 Å². The second kappa shape index (κ2) is 7.68. The monoisotopic (exact) mass is 350 g/mol. The number of methoxy groups -OCH3 is 2. The van der Waals surface area contributed by atoms with Crippen LogP contribution in [0.5, 0.6) is 11.5 Å². The Kier molecular flexibility index (Phi) is 5.85. The third-order valence-electron chi connectivity index (χ3n) is 3.72. The summed E-state index contributed by atoms with van der Waals surface area (Å²) in [4.78, 5) is 0. The molecule has 24 heavy (non-hydrogen) atoms. The van der Waals surface area contributed by atoms with Crippen LogP contribution in [-0.4, -0.2) is 35.5 Å². The Hall–Kier alpha value is -2.05. The van der Waals surface area contributed by atoms with E-state index in [0.29, 0.717) is 11.5 Å². The summed E-state index contributed by atoms with van der Waals surface area (Å²) in [6, 6.07) is 13.4. The van der Waals surface area contributed by atoms with Gasteiger partial charge in [-0.3, -0.25) is 4.18 Å². The standard InChI is InChI=1S/C18H22O5S/c1-13(12-23-24(4,19)20)15-7-5-6-8-16(15)17-10-9-14(21-2)11-18(17)22-3/h5-11,13H,12H2,1-4H3. The molecule has 2 rings (SSSR count). The van der Waals surface area contributed by atoms with Gasteiger partial charge in [-0.25, -0.2) is 0 Å². The van der Waals surface area contributed by atoms with Crippen LogP contribution in [0.25, 0.3) is 11.1 Å². The van der Waals surface area contributed by atoms with Crippen LogP contribution in [0.3, 0.4) is 0 Å². The van der Waals surface area contributed by atoms with Crippen molar-refractivity contribution >= 4 is 10.1 Å². The van der Waals surface area contributed by atoms with Crippen LogP contribution in [0.15, 0.2) is 42.5 Å². The van der Waals surface area contributed by atoms with E-state index in [-0.39, 0.29) is 12.5 Å². The zero-order valence-electron chi connectivity index (χ0n) is 14.3. The highest BCUT2D eigenvalue weighted by Gasteiger charge is 2.17. The summed E-state index contributed by atoms with van der Waals surface area (Å²) in [6.07, 6.45) is 1.05. The van der Waals surface area contributed by atoms with E-state index in [2.05, 4.69) is 0 Å². The van der Waals surface area contributed by atoms with E-state index < -0.39 is 10.1 Å². The van der Waals surface area contributed by atoms with E-state index in [1.165, 1.54) is 0 Å². The molecule has 6 heteroatoms. The summed E-state index contributed by atoms with van der Waals surface area (Å²) in [5.41, 5.74) is 2.88. The highest BCUT2D eigenvalue weighted by molar-refractivity contribution is 7.85. The van der Waals surface area contributed by atoms with Gasteiger partial charge in [0.1, 0.15) is 11.5 Å². The van der Waals surface area contributed by atoms with Gasteiger partial charge in [-0.15, -0.1) is 0 Å². The molecule has 0 aliphatic rings. The fourth-order valence-corrected chi connectivity index (χ4v) is 2.96. The highest BCUT2D eigenvalue weighted by atomic mass is 32.2. The third kappa shape index (κ3) is 4.49. The maximum atomic E-state index is 11.2. The zero-order valence-corrected chi connectivity index (χ0v) is 15.1. The molecule has 0 spiro atoms. The molecule has 0 saturated carbocycles. The Morgan fingerprint density at radius 1 is 1.00 bits per heavy atom. The molecule has 0 fully saturated rings. The van der Waals surface area contributed by atoms with Crippen molar-refractivity contribution in [1.29, 1.82) is 0 Å². The van der Waals surface area contributed by atoms with Crippen LogP contribution in [0.2, 0.25) is 0 Å². The summed E-state index contributed by atoms with van der Waals surface area (Å²) in [5, 5.41) is 0. The van der Waals surface area contributed by atoms with Gasteiger partial charge >= 0.3 is 0 Å².